The molecule has 1 N–H and O–H groups in total. The fraction of sp³-hybridized carbons (Fsp3) is 0.600. The van der Waals surface area contributed by atoms with E-state index < -0.39 is 11.7 Å². The summed E-state index contributed by atoms with van der Waals surface area (Å²) in [5.74, 6) is 0. The van der Waals surface area contributed by atoms with E-state index >= 15 is 0 Å². The number of hydrogen-bond donors (Lipinski definition) is 1. The second-order valence-corrected chi connectivity index (χ2v) is 6.15. The largest absolute Gasteiger partial charge is 0.417 e. The lowest BCUT2D eigenvalue weighted by molar-refractivity contribution is -0.137. The van der Waals surface area contributed by atoms with Gasteiger partial charge in [0.1, 0.15) is 0 Å². The summed E-state index contributed by atoms with van der Waals surface area (Å²) in [7, 11) is 0. The summed E-state index contributed by atoms with van der Waals surface area (Å²) in [5, 5.41) is 2.93. The van der Waals surface area contributed by atoms with Crippen LogP contribution < -0.4 is 5.32 Å². The van der Waals surface area contributed by atoms with Crippen LogP contribution in [-0.4, -0.2) is 30.1 Å². The van der Waals surface area contributed by atoms with Crippen LogP contribution in [0.15, 0.2) is 18.2 Å². The molecule has 2 rings (SSSR count). The van der Waals surface area contributed by atoms with Gasteiger partial charge >= 0.3 is 6.18 Å². The van der Waals surface area contributed by atoms with Crippen molar-refractivity contribution in [3.63, 3.8) is 0 Å². The highest BCUT2D eigenvalue weighted by molar-refractivity contribution is 6.31. The summed E-state index contributed by atoms with van der Waals surface area (Å²) in [6, 6.07) is 4.72. The standard InChI is InChI=1S/C15H20ClF3N2/c1-10(2)21-7-5-11(6-8-21)20-12-3-4-14(16)13(9-12)15(17,18)19/h3-4,9-11,20H,5-8H2,1-2H3. The summed E-state index contributed by atoms with van der Waals surface area (Å²) in [6.07, 6.45) is -2.56. The van der Waals surface area contributed by atoms with Crippen molar-refractivity contribution in [2.24, 2.45) is 0 Å². The molecule has 0 aliphatic carbocycles. The number of rotatable bonds is 3. The molecular weight excluding hydrogens is 301 g/mol. The Hall–Kier alpha value is -0.940. The second kappa shape index (κ2) is 6.44. The van der Waals surface area contributed by atoms with Crippen LogP contribution in [-0.2, 0) is 6.18 Å². The Labute approximate surface area is 128 Å². The van der Waals surface area contributed by atoms with Crippen LogP contribution in [0.2, 0.25) is 5.02 Å². The van der Waals surface area contributed by atoms with E-state index in [4.69, 9.17) is 11.6 Å². The van der Waals surface area contributed by atoms with E-state index in [0.717, 1.165) is 32.0 Å². The molecule has 1 aliphatic rings. The normalized spacial score (nSPS) is 18.2. The predicted octanol–water partition coefficient (Wildman–Crippen LogP) is 4.64. The van der Waals surface area contributed by atoms with Gasteiger partial charge in [0.2, 0.25) is 0 Å². The molecule has 0 amide bonds. The summed E-state index contributed by atoms with van der Waals surface area (Å²) < 4.78 is 38.5. The highest BCUT2D eigenvalue weighted by atomic mass is 35.5. The van der Waals surface area contributed by atoms with Crippen molar-refractivity contribution in [3.8, 4) is 0 Å². The Bertz CT molecular complexity index is 480. The number of nitrogens with one attached hydrogen (secondary N) is 1. The summed E-state index contributed by atoms with van der Waals surface area (Å²) in [5.41, 5.74) is -0.302. The van der Waals surface area contributed by atoms with Crippen molar-refractivity contribution < 1.29 is 13.2 Å². The summed E-state index contributed by atoms with van der Waals surface area (Å²) in [6.45, 7) is 6.25. The minimum atomic E-state index is -4.42. The third kappa shape index (κ3) is 4.27. The van der Waals surface area contributed by atoms with E-state index in [1.807, 2.05) is 0 Å². The lowest BCUT2D eigenvalue weighted by Gasteiger charge is -2.35. The third-order valence-corrected chi connectivity index (χ3v) is 4.23. The van der Waals surface area contributed by atoms with Gasteiger partial charge < -0.3 is 10.2 Å². The Kier molecular flexibility index (Phi) is 5.04. The summed E-state index contributed by atoms with van der Waals surface area (Å²) in [4.78, 5) is 2.38. The third-order valence-electron chi connectivity index (χ3n) is 3.90. The number of anilines is 1. The fourth-order valence-electron chi connectivity index (χ4n) is 2.63. The molecule has 0 saturated carbocycles. The molecule has 0 atom stereocenters. The highest BCUT2D eigenvalue weighted by Crippen LogP contribution is 2.36. The Morgan fingerprint density at radius 1 is 1.24 bits per heavy atom. The maximum atomic E-state index is 12.8. The van der Waals surface area contributed by atoms with Gasteiger partial charge in [-0.1, -0.05) is 11.6 Å². The van der Waals surface area contributed by atoms with Crippen LogP contribution in [0.3, 0.4) is 0 Å². The van der Waals surface area contributed by atoms with Gasteiger partial charge in [-0.3, -0.25) is 0 Å². The van der Waals surface area contributed by atoms with Crippen LogP contribution in [0, 0.1) is 0 Å². The van der Waals surface area contributed by atoms with Gasteiger partial charge in [-0.05, 0) is 44.9 Å². The van der Waals surface area contributed by atoms with Crippen LogP contribution in [0.4, 0.5) is 18.9 Å². The molecule has 1 aromatic rings. The molecule has 1 saturated heterocycles. The monoisotopic (exact) mass is 320 g/mol. The molecule has 0 unspecified atom stereocenters. The zero-order valence-electron chi connectivity index (χ0n) is 12.2. The molecule has 1 heterocycles. The molecule has 0 bridgehead atoms. The zero-order valence-corrected chi connectivity index (χ0v) is 12.9. The van der Waals surface area contributed by atoms with Crippen molar-refractivity contribution >= 4 is 17.3 Å². The number of hydrogen-bond acceptors (Lipinski definition) is 2. The number of halogens is 4. The lowest BCUT2D eigenvalue weighted by Crippen LogP contribution is -2.42. The number of alkyl halides is 3. The molecule has 0 spiro atoms. The molecular formula is C15H20ClF3N2. The van der Waals surface area contributed by atoms with Crippen LogP contribution in [0.5, 0.6) is 0 Å². The van der Waals surface area contributed by atoms with Crippen molar-refractivity contribution in [1.29, 1.82) is 0 Å². The number of nitrogens with zero attached hydrogens (tertiary/aromatic N) is 1. The van der Waals surface area contributed by atoms with Gasteiger partial charge in [0.15, 0.2) is 0 Å². The molecule has 118 valence electrons. The molecule has 21 heavy (non-hydrogen) atoms. The first-order valence-corrected chi connectivity index (χ1v) is 7.52. The van der Waals surface area contributed by atoms with Gasteiger partial charge in [-0.15, -0.1) is 0 Å². The zero-order chi connectivity index (χ0) is 15.6. The number of benzene rings is 1. The SMILES string of the molecule is CC(C)N1CCC(Nc2ccc(Cl)c(C(F)(F)F)c2)CC1. The highest BCUT2D eigenvalue weighted by Gasteiger charge is 2.33. The van der Waals surface area contributed by atoms with Crippen LogP contribution >= 0.6 is 11.6 Å². The van der Waals surface area contributed by atoms with E-state index in [2.05, 4.69) is 24.1 Å². The molecule has 6 heteroatoms. The molecule has 0 radical (unpaired) electrons. The minimum absolute atomic E-state index is 0.210. The van der Waals surface area contributed by atoms with Crippen molar-refractivity contribution in [1.82, 2.24) is 4.90 Å². The fourth-order valence-corrected chi connectivity index (χ4v) is 2.85. The van der Waals surface area contributed by atoms with Gasteiger partial charge in [-0.2, -0.15) is 13.2 Å². The average molecular weight is 321 g/mol. The maximum Gasteiger partial charge on any atom is 0.417 e. The molecule has 1 aliphatic heterocycles. The van der Waals surface area contributed by atoms with Crippen LogP contribution in [0.25, 0.3) is 0 Å². The smallest absolute Gasteiger partial charge is 0.382 e. The molecule has 1 fully saturated rings. The first-order valence-electron chi connectivity index (χ1n) is 7.14. The molecule has 2 nitrogen and oxygen atoms in total. The van der Waals surface area contributed by atoms with Crippen molar-refractivity contribution in [3.05, 3.63) is 28.8 Å². The number of piperidine rings is 1. The van der Waals surface area contributed by atoms with E-state index in [-0.39, 0.29) is 11.1 Å². The quantitative estimate of drug-likeness (QED) is 0.872. The summed E-state index contributed by atoms with van der Waals surface area (Å²) >= 11 is 5.62. The van der Waals surface area contributed by atoms with E-state index in [1.54, 1.807) is 6.07 Å². The van der Waals surface area contributed by atoms with E-state index in [1.165, 1.54) is 6.07 Å². The minimum Gasteiger partial charge on any atom is -0.382 e. The van der Waals surface area contributed by atoms with Gasteiger partial charge in [0.05, 0.1) is 10.6 Å². The molecule has 1 aromatic carbocycles. The number of likely N-dealkylation sites (tertiary alicyclic amines) is 1. The van der Waals surface area contributed by atoms with Crippen molar-refractivity contribution in [2.45, 2.75) is 44.9 Å². The van der Waals surface area contributed by atoms with Crippen molar-refractivity contribution in [2.75, 3.05) is 18.4 Å². The molecule has 0 aromatic heterocycles. The van der Waals surface area contributed by atoms with Crippen LogP contribution in [0.1, 0.15) is 32.3 Å². The lowest BCUT2D eigenvalue weighted by atomic mass is 10.0. The van der Waals surface area contributed by atoms with Gasteiger partial charge in [0.25, 0.3) is 0 Å². The first kappa shape index (κ1) is 16.4. The first-order chi connectivity index (χ1) is 9.77. The van der Waals surface area contributed by atoms with E-state index in [0.29, 0.717) is 11.7 Å². The average Bonchev–Trinajstić information content (AvgIpc) is 2.40. The topological polar surface area (TPSA) is 15.3 Å². The van der Waals surface area contributed by atoms with Gasteiger partial charge in [0, 0.05) is 30.9 Å². The predicted molar refractivity (Wildman–Crippen MR) is 79.8 cm³/mol. The second-order valence-electron chi connectivity index (χ2n) is 5.74. The Morgan fingerprint density at radius 2 is 1.86 bits per heavy atom. The maximum absolute atomic E-state index is 12.8. The van der Waals surface area contributed by atoms with Gasteiger partial charge in [-0.25, -0.2) is 0 Å². The Balaban J connectivity index is 2.01. The van der Waals surface area contributed by atoms with E-state index in [9.17, 15) is 13.2 Å². The Morgan fingerprint density at radius 3 is 2.38 bits per heavy atom.